The summed E-state index contributed by atoms with van der Waals surface area (Å²) in [6, 6.07) is 10.1. The molecule has 2 aromatic carbocycles. The number of benzene rings is 2. The monoisotopic (exact) mass is 518 g/mol. The van der Waals surface area contributed by atoms with Crippen molar-refractivity contribution in [1.82, 2.24) is 9.79 Å². The van der Waals surface area contributed by atoms with E-state index in [1.165, 1.54) is 61.8 Å². The Morgan fingerprint density at radius 1 is 1.20 bits per heavy atom. The summed E-state index contributed by atoms with van der Waals surface area (Å²) in [5.74, 6) is 0.157. The van der Waals surface area contributed by atoms with Gasteiger partial charge in [0.2, 0.25) is 10.0 Å². The van der Waals surface area contributed by atoms with Crippen molar-refractivity contribution >= 4 is 16.1 Å². The van der Waals surface area contributed by atoms with Crippen LogP contribution in [0.2, 0.25) is 0 Å². The number of halogens is 3. The van der Waals surface area contributed by atoms with Crippen LogP contribution in [0.25, 0.3) is 0 Å². The minimum Gasteiger partial charge on any atom is -0.489 e. The zero-order valence-electron chi connectivity index (χ0n) is 19.1. The van der Waals surface area contributed by atoms with E-state index >= 15 is 0 Å². The van der Waals surface area contributed by atoms with Crippen LogP contribution in [0.3, 0.4) is 0 Å². The zero-order valence-corrected chi connectivity index (χ0v) is 19.9. The predicted molar refractivity (Wildman–Crippen MR) is 116 cm³/mol. The molecule has 1 aliphatic rings. The Morgan fingerprint density at radius 3 is 2.43 bits per heavy atom. The molecule has 0 aliphatic carbocycles. The van der Waals surface area contributed by atoms with Gasteiger partial charge in [0.15, 0.2) is 6.23 Å². The van der Waals surface area contributed by atoms with Gasteiger partial charge in [0, 0.05) is 12.1 Å². The van der Waals surface area contributed by atoms with Crippen LogP contribution in [0.5, 0.6) is 5.75 Å². The lowest BCUT2D eigenvalue weighted by Gasteiger charge is -2.46. The maximum Gasteiger partial charge on any atom is 0.432 e. The smallest absolute Gasteiger partial charge is 0.432 e. The molecule has 0 radical (unpaired) electrons. The molecule has 0 bridgehead atoms. The summed E-state index contributed by atoms with van der Waals surface area (Å²) in [7, 11) is -4.22. The molecule has 1 aliphatic heterocycles. The van der Waals surface area contributed by atoms with Gasteiger partial charge in [-0.25, -0.2) is 18.7 Å². The summed E-state index contributed by atoms with van der Waals surface area (Å²) in [6.45, 7) is 4.22. The van der Waals surface area contributed by atoms with E-state index < -0.39 is 45.8 Å². The van der Waals surface area contributed by atoms with Gasteiger partial charge in [-0.15, -0.1) is 0 Å². The van der Waals surface area contributed by atoms with E-state index in [9.17, 15) is 26.4 Å². The van der Waals surface area contributed by atoms with Gasteiger partial charge < -0.3 is 14.2 Å². The topological polar surface area (TPSA) is 114 Å². The molecule has 192 valence electrons. The van der Waals surface area contributed by atoms with Crippen molar-refractivity contribution in [2.45, 2.75) is 56.4 Å². The second kappa shape index (κ2) is 10.0. The number of hydrogen-bond acceptors (Lipinski definition) is 7. The fraction of sp³-hybridized carbons (Fsp3) is 0.409. The number of hydroxylamine groups is 1. The van der Waals surface area contributed by atoms with Crippen LogP contribution in [0.15, 0.2) is 53.4 Å². The van der Waals surface area contributed by atoms with Crippen molar-refractivity contribution in [2.75, 3.05) is 6.54 Å². The Kier molecular flexibility index (Phi) is 7.65. The molecule has 2 atom stereocenters. The molecule has 1 heterocycles. The summed E-state index contributed by atoms with van der Waals surface area (Å²) >= 11 is 0. The highest BCUT2D eigenvalue weighted by atomic mass is 32.2. The molecule has 3 rings (SSSR count). The second-order valence-corrected chi connectivity index (χ2v) is 10.3. The van der Waals surface area contributed by atoms with Gasteiger partial charge >= 0.3 is 12.3 Å². The summed E-state index contributed by atoms with van der Waals surface area (Å²) in [6.07, 6.45) is -7.73. The van der Waals surface area contributed by atoms with E-state index in [0.29, 0.717) is 0 Å². The molecule has 9 nitrogen and oxygen atoms in total. The molecule has 35 heavy (non-hydrogen) atoms. The highest BCUT2D eigenvalue weighted by Crippen LogP contribution is 2.34. The van der Waals surface area contributed by atoms with Crippen molar-refractivity contribution in [3.63, 3.8) is 0 Å². The number of hydrogen-bond donors (Lipinski definition) is 2. The first kappa shape index (κ1) is 26.7. The number of sulfonamides is 1. The molecule has 0 saturated carbocycles. The first-order chi connectivity index (χ1) is 16.3. The summed E-state index contributed by atoms with van der Waals surface area (Å²) in [4.78, 5) is 11.5. The molecule has 2 aromatic rings. The fourth-order valence-electron chi connectivity index (χ4n) is 3.79. The molecule has 1 saturated heterocycles. The van der Waals surface area contributed by atoms with E-state index in [4.69, 9.17) is 19.4 Å². The fourth-order valence-corrected chi connectivity index (χ4v) is 5.50. The van der Waals surface area contributed by atoms with Gasteiger partial charge in [-0.1, -0.05) is 18.2 Å². The maximum atomic E-state index is 13.4. The van der Waals surface area contributed by atoms with E-state index in [-0.39, 0.29) is 29.4 Å². The maximum absolute atomic E-state index is 13.4. The lowest BCUT2D eigenvalue weighted by molar-refractivity contribution is -0.205. The Balaban J connectivity index is 1.82. The predicted octanol–water partition coefficient (Wildman–Crippen LogP) is 3.91. The molecular weight excluding hydrogens is 493 g/mol. The van der Waals surface area contributed by atoms with Crippen LogP contribution < -0.4 is 10.2 Å². The van der Waals surface area contributed by atoms with Crippen LogP contribution in [0, 0.1) is 0 Å². The Morgan fingerprint density at radius 2 is 1.83 bits per heavy atom. The van der Waals surface area contributed by atoms with Crippen LogP contribution in [0.4, 0.5) is 18.0 Å². The van der Waals surface area contributed by atoms with Crippen LogP contribution in [-0.4, -0.2) is 48.5 Å². The minimum absolute atomic E-state index is 0.0663. The third kappa shape index (κ3) is 6.04. The number of carbonyl (C=O) groups is 1. The first-order valence-electron chi connectivity index (χ1n) is 10.4. The normalized spacial score (nSPS) is 20.8. The molecule has 13 heteroatoms. The number of alkyl halides is 3. The highest BCUT2D eigenvalue weighted by molar-refractivity contribution is 7.89. The minimum atomic E-state index is -4.54. The van der Waals surface area contributed by atoms with Crippen LogP contribution in [-0.2, 0) is 32.3 Å². The number of nitrogens with zero attached hydrogens (tertiary/aromatic N) is 1. The number of carbonyl (C=O) groups excluding carboxylic acids is 1. The largest absolute Gasteiger partial charge is 0.489 e. The second-order valence-electron chi connectivity index (χ2n) is 8.39. The number of morpholine rings is 1. The third-order valence-corrected chi connectivity index (χ3v) is 7.08. The van der Waals surface area contributed by atoms with Crippen molar-refractivity contribution in [1.29, 1.82) is 0 Å². The summed E-state index contributed by atoms with van der Waals surface area (Å²) < 4.78 is 83.5. The first-order valence-corrected chi connectivity index (χ1v) is 11.9. The summed E-state index contributed by atoms with van der Waals surface area (Å²) in [5, 5.41) is 8.81. The number of rotatable bonds is 6. The van der Waals surface area contributed by atoms with Crippen molar-refractivity contribution in [3.05, 3.63) is 59.7 Å². The molecule has 2 N–H and O–H groups in total. The van der Waals surface area contributed by atoms with Gasteiger partial charge in [0.05, 0.1) is 16.6 Å². The summed E-state index contributed by atoms with van der Waals surface area (Å²) in [5.41, 5.74) is -0.832. The van der Waals surface area contributed by atoms with E-state index in [1.54, 1.807) is 6.92 Å². The standard InChI is InChI=1S/C22H25F3N2O7S/c1-14-12-27(19(21(2,3)34-14)33-20(28)26-29)35(30,31)17-10-8-16(9-11-17)32-13-15-6-4-5-7-18(15)22(23,24)25/h4-11,14,19,29H,12-13H2,1-3H3,(H,26,28)/t14-,19+/m0/s1. The number of ether oxygens (including phenoxy) is 3. The number of nitrogens with one attached hydrogen (secondary N) is 1. The molecule has 0 unspecified atom stereocenters. The van der Waals surface area contributed by atoms with Gasteiger partial charge in [-0.05, 0) is 51.1 Å². The third-order valence-electron chi connectivity index (χ3n) is 5.26. The van der Waals surface area contributed by atoms with Gasteiger partial charge in [0.1, 0.15) is 18.0 Å². The van der Waals surface area contributed by atoms with Crippen LogP contribution >= 0.6 is 0 Å². The Labute approximate surface area is 200 Å². The van der Waals surface area contributed by atoms with Crippen LogP contribution in [0.1, 0.15) is 31.9 Å². The molecule has 1 amide bonds. The SMILES string of the molecule is C[C@H]1CN(S(=O)(=O)c2ccc(OCc3ccccc3C(F)(F)F)cc2)[C@H](OC(=O)NO)C(C)(C)O1. The molecular formula is C22H25F3N2O7S. The quantitative estimate of drug-likeness (QED) is 0.440. The lowest BCUT2D eigenvalue weighted by Crippen LogP contribution is -2.62. The van der Waals surface area contributed by atoms with E-state index in [2.05, 4.69) is 0 Å². The van der Waals surface area contributed by atoms with Gasteiger partial charge in [-0.3, -0.25) is 5.21 Å². The van der Waals surface area contributed by atoms with Crippen molar-refractivity contribution in [2.24, 2.45) is 0 Å². The van der Waals surface area contributed by atoms with Crippen molar-refractivity contribution < 1.29 is 45.8 Å². The van der Waals surface area contributed by atoms with Crippen molar-refractivity contribution in [3.8, 4) is 5.75 Å². The van der Waals surface area contributed by atoms with E-state index in [1.807, 2.05) is 0 Å². The average Bonchev–Trinajstić information content (AvgIpc) is 2.78. The molecule has 1 fully saturated rings. The number of amides is 1. The van der Waals surface area contributed by atoms with E-state index in [0.717, 1.165) is 10.4 Å². The lowest BCUT2D eigenvalue weighted by atomic mass is 10.0. The zero-order chi connectivity index (χ0) is 26.0. The molecule has 0 aromatic heterocycles. The Bertz CT molecular complexity index is 1150. The molecule has 0 spiro atoms. The highest BCUT2D eigenvalue weighted by Gasteiger charge is 2.49. The average molecular weight is 519 g/mol. The van der Waals surface area contributed by atoms with Gasteiger partial charge in [0.25, 0.3) is 0 Å². The van der Waals surface area contributed by atoms with Gasteiger partial charge in [-0.2, -0.15) is 17.5 Å². The Hall–Kier alpha value is -2.87.